The Bertz CT molecular complexity index is 1030. The van der Waals surface area contributed by atoms with Crippen LogP contribution in [0, 0.1) is 0 Å². The van der Waals surface area contributed by atoms with Crippen LogP contribution in [0.1, 0.15) is 31.2 Å². The monoisotopic (exact) mass is 522 g/mol. The fourth-order valence-electron chi connectivity index (χ4n) is 5.99. The van der Waals surface area contributed by atoms with Crippen LogP contribution < -0.4 is 4.90 Å². The van der Waals surface area contributed by atoms with Crippen molar-refractivity contribution in [2.75, 3.05) is 31.1 Å². The number of hydrogen-bond donors (Lipinski definition) is 0. The molecular weight excluding hydrogens is 493 g/mol. The molecule has 3 atom stereocenters. The van der Waals surface area contributed by atoms with E-state index in [4.69, 9.17) is 16.3 Å². The van der Waals surface area contributed by atoms with Crippen LogP contribution >= 0.6 is 11.6 Å². The molecule has 0 bridgehead atoms. The first-order valence-corrected chi connectivity index (χ1v) is 12.9. The summed E-state index contributed by atoms with van der Waals surface area (Å²) in [6.07, 6.45) is -0.464. The number of rotatable bonds is 5. The summed E-state index contributed by atoms with van der Waals surface area (Å²) in [6.45, 7) is 3.00. The summed E-state index contributed by atoms with van der Waals surface area (Å²) in [6, 6.07) is 13.0. The first-order chi connectivity index (χ1) is 17.3. The highest BCUT2D eigenvalue weighted by Crippen LogP contribution is 2.37. The standard InChI is InChI=1S/C26H30ClF3N4O2/c27-19-8-6-18(7-9-19)16-21-17-33-13-3-4-22(33)24(36-25(35)26(28,29)30)34(21)20-10-14-32(15-11-20)23-5-1-2-12-31-23/h1-2,5-9,12,20-22,24H,3-4,10-11,13-17H2/t21-,22-,24?/m0/s1. The maximum atomic E-state index is 13.3. The molecule has 0 N–H and O–H groups in total. The number of fused-ring (bicyclic) bond motifs is 1. The number of carbonyl (C=O) groups excluding carboxylic acids is 1. The Balaban J connectivity index is 1.42. The Hall–Kier alpha value is -2.36. The third kappa shape index (κ3) is 5.48. The summed E-state index contributed by atoms with van der Waals surface area (Å²) in [5.41, 5.74) is 1.05. The Morgan fingerprint density at radius 1 is 1.06 bits per heavy atom. The van der Waals surface area contributed by atoms with Gasteiger partial charge in [-0.15, -0.1) is 0 Å². The van der Waals surface area contributed by atoms with Crippen molar-refractivity contribution in [1.29, 1.82) is 0 Å². The zero-order valence-corrected chi connectivity index (χ0v) is 20.7. The lowest BCUT2D eigenvalue weighted by atomic mass is 9.93. The minimum atomic E-state index is -5.03. The number of benzene rings is 1. The molecule has 1 aromatic carbocycles. The molecule has 0 saturated carbocycles. The summed E-state index contributed by atoms with van der Waals surface area (Å²) in [5.74, 6) is -1.21. The van der Waals surface area contributed by atoms with Gasteiger partial charge in [0, 0.05) is 42.9 Å². The average Bonchev–Trinajstić information content (AvgIpc) is 3.34. The largest absolute Gasteiger partial charge is 0.490 e. The summed E-state index contributed by atoms with van der Waals surface area (Å²) >= 11 is 6.07. The lowest BCUT2D eigenvalue weighted by molar-refractivity contribution is -0.228. The summed E-state index contributed by atoms with van der Waals surface area (Å²) in [5, 5.41) is 0.637. The molecule has 0 radical (unpaired) electrons. The smallest absolute Gasteiger partial charge is 0.438 e. The van der Waals surface area contributed by atoms with E-state index in [1.54, 1.807) is 6.20 Å². The van der Waals surface area contributed by atoms with Gasteiger partial charge in [0.15, 0.2) is 6.23 Å². The number of pyridine rings is 1. The van der Waals surface area contributed by atoms with Crippen molar-refractivity contribution in [3.8, 4) is 0 Å². The highest BCUT2D eigenvalue weighted by molar-refractivity contribution is 6.30. The number of anilines is 1. The van der Waals surface area contributed by atoms with Gasteiger partial charge < -0.3 is 9.64 Å². The minimum absolute atomic E-state index is 0.00366. The van der Waals surface area contributed by atoms with Crippen LogP contribution in [0.4, 0.5) is 19.0 Å². The van der Waals surface area contributed by atoms with Crippen LogP contribution in [0.25, 0.3) is 0 Å². The zero-order chi connectivity index (χ0) is 25.3. The number of nitrogens with zero attached hydrogens (tertiary/aromatic N) is 4. The minimum Gasteiger partial charge on any atom is -0.438 e. The lowest BCUT2D eigenvalue weighted by Gasteiger charge is -2.53. The van der Waals surface area contributed by atoms with Crippen LogP contribution in [0.15, 0.2) is 48.7 Å². The molecule has 0 spiro atoms. The van der Waals surface area contributed by atoms with E-state index in [-0.39, 0.29) is 18.1 Å². The van der Waals surface area contributed by atoms with E-state index in [9.17, 15) is 18.0 Å². The van der Waals surface area contributed by atoms with Gasteiger partial charge in [0.25, 0.3) is 0 Å². The molecule has 0 amide bonds. The van der Waals surface area contributed by atoms with Crippen molar-refractivity contribution < 1.29 is 22.7 Å². The molecule has 3 aliphatic heterocycles. The predicted molar refractivity (Wildman–Crippen MR) is 131 cm³/mol. The molecule has 5 rings (SSSR count). The number of piperazine rings is 1. The van der Waals surface area contributed by atoms with Gasteiger partial charge in [0.05, 0.1) is 6.04 Å². The fraction of sp³-hybridized carbons (Fsp3) is 0.538. The Labute approximate surface area is 214 Å². The second-order valence-electron chi connectivity index (χ2n) is 9.84. The molecule has 6 nitrogen and oxygen atoms in total. The normalized spacial score (nSPS) is 26.1. The number of hydrogen-bond acceptors (Lipinski definition) is 6. The number of alkyl halides is 3. The number of esters is 1. The van der Waals surface area contributed by atoms with Crippen LogP contribution in [-0.4, -0.2) is 77.5 Å². The highest BCUT2D eigenvalue weighted by atomic mass is 35.5. The van der Waals surface area contributed by atoms with Gasteiger partial charge in [-0.1, -0.05) is 29.8 Å². The molecule has 3 fully saturated rings. The van der Waals surface area contributed by atoms with Crippen LogP contribution in [0.3, 0.4) is 0 Å². The summed E-state index contributed by atoms with van der Waals surface area (Å²) in [7, 11) is 0. The average molecular weight is 523 g/mol. The Kier molecular flexibility index (Phi) is 7.42. The molecule has 10 heteroatoms. The van der Waals surface area contributed by atoms with Crippen molar-refractivity contribution in [3.05, 3.63) is 59.2 Å². The maximum absolute atomic E-state index is 13.3. The molecular formula is C26H30ClF3N4O2. The third-order valence-corrected chi connectivity index (χ3v) is 7.86. The first-order valence-electron chi connectivity index (χ1n) is 12.5. The number of piperidine rings is 1. The Morgan fingerprint density at radius 3 is 2.47 bits per heavy atom. The SMILES string of the molecule is O=C(OC1[C@@H]2CCCN2C[C@H](Cc2ccc(Cl)cc2)N1C1CCN(c2ccccn2)CC1)C(F)(F)F. The van der Waals surface area contributed by atoms with Crippen LogP contribution in [0.5, 0.6) is 0 Å². The summed E-state index contributed by atoms with van der Waals surface area (Å²) < 4.78 is 45.2. The predicted octanol–water partition coefficient (Wildman–Crippen LogP) is 4.53. The van der Waals surface area contributed by atoms with E-state index in [0.29, 0.717) is 17.9 Å². The van der Waals surface area contributed by atoms with Gasteiger partial charge in [-0.25, -0.2) is 9.78 Å². The van der Waals surface area contributed by atoms with Gasteiger partial charge in [-0.05, 0) is 68.5 Å². The van der Waals surface area contributed by atoms with E-state index in [0.717, 1.165) is 56.8 Å². The fourth-order valence-corrected chi connectivity index (χ4v) is 6.12. The number of ether oxygens (including phenoxy) is 1. The van der Waals surface area contributed by atoms with Crippen molar-refractivity contribution in [1.82, 2.24) is 14.8 Å². The molecule has 1 unspecified atom stereocenters. The number of aromatic nitrogens is 1. The molecule has 1 aromatic heterocycles. The zero-order valence-electron chi connectivity index (χ0n) is 19.9. The Morgan fingerprint density at radius 2 is 1.81 bits per heavy atom. The van der Waals surface area contributed by atoms with E-state index in [1.807, 2.05) is 42.5 Å². The summed E-state index contributed by atoms with van der Waals surface area (Å²) in [4.78, 5) is 23.0. The van der Waals surface area contributed by atoms with E-state index in [2.05, 4.69) is 19.7 Å². The first kappa shape index (κ1) is 25.3. The molecule has 3 aliphatic rings. The second-order valence-corrected chi connectivity index (χ2v) is 10.3. The van der Waals surface area contributed by atoms with Crippen LogP contribution in [0.2, 0.25) is 5.02 Å². The van der Waals surface area contributed by atoms with E-state index in [1.165, 1.54) is 0 Å². The van der Waals surface area contributed by atoms with Gasteiger partial charge >= 0.3 is 12.1 Å². The molecule has 194 valence electrons. The molecule has 36 heavy (non-hydrogen) atoms. The maximum Gasteiger partial charge on any atom is 0.490 e. The quantitative estimate of drug-likeness (QED) is 0.538. The van der Waals surface area contributed by atoms with Crippen molar-refractivity contribution in [3.63, 3.8) is 0 Å². The molecule has 3 saturated heterocycles. The van der Waals surface area contributed by atoms with E-state index < -0.39 is 18.4 Å². The second kappa shape index (κ2) is 10.6. The molecule has 4 heterocycles. The number of halogens is 4. The van der Waals surface area contributed by atoms with Gasteiger partial charge in [0.2, 0.25) is 0 Å². The molecule has 0 aliphatic carbocycles. The van der Waals surface area contributed by atoms with Gasteiger partial charge in [-0.2, -0.15) is 13.2 Å². The third-order valence-electron chi connectivity index (χ3n) is 7.61. The number of carbonyl (C=O) groups is 1. The topological polar surface area (TPSA) is 48.9 Å². The molecule has 2 aromatic rings. The van der Waals surface area contributed by atoms with Gasteiger partial charge in [-0.3, -0.25) is 9.80 Å². The van der Waals surface area contributed by atoms with Crippen molar-refractivity contribution in [2.45, 2.75) is 62.6 Å². The highest BCUT2D eigenvalue weighted by Gasteiger charge is 2.51. The van der Waals surface area contributed by atoms with Crippen molar-refractivity contribution in [2.24, 2.45) is 0 Å². The lowest BCUT2D eigenvalue weighted by Crippen LogP contribution is -2.67. The van der Waals surface area contributed by atoms with Crippen LogP contribution in [-0.2, 0) is 16.0 Å². The van der Waals surface area contributed by atoms with Crippen molar-refractivity contribution >= 4 is 23.4 Å². The van der Waals surface area contributed by atoms with E-state index >= 15 is 0 Å². The van der Waals surface area contributed by atoms with Gasteiger partial charge in [0.1, 0.15) is 5.82 Å².